The van der Waals surface area contributed by atoms with Gasteiger partial charge in [-0.1, -0.05) is 6.92 Å². The number of rotatable bonds is 11. The molecular weight excluding hydrogens is 258 g/mol. The highest BCUT2D eigenvalue weighted by atomic mass is 16.5. The van der Waals surface area contributed by atoms with E-state index in [-0.39, 0.29) is 0 Å². The number of methoxy groups -OCH3 is 1. The van der Waals surface area contributed by atoms with E-state index in [1.165, 1.54) is 0 Å². The third-order valence-electron chi connectivity index (χ3n) is 2.48. The van der Waals surface area contributed by atoms with Gasteiger partial charge in [-0.3, -0.25) is 0 Å². The zero-order valence-electron chi connectivity index (χ0n) is 12.6. The van der Waals surface area contributed by atoms with Crippen molar-refractivity contribution >= 4 is 5.82 Å². The van der Waals surface area contributed by atoms with E-state index in [1.807, 2.05) is 13.0 Å². The minimum absolute atomic E-state index is 0.395. The summed E-state index contributed by atoms with van der Waals surface area (Å²) >= 11 is 0. The van der Waals surface area contributed by atoms with Gasteiger partial charge in [-0.2, -0.15) is 4.98 Å². The van der Waals surface area contributed by atoms with Crippen molar-refractivity contribution in [3.63, 3.8) is 0 Å². The number of ether oxygens (including phenoxy) is 3. The summed E-state index contributed by atoms with van der Waals surface area (Å²) < 4.78 is 16.0. The molecule has 0 atom stereocenters. The largest absolute Gasteiger partial charge is 0.477 e. The Kier molecular flexibility index (Phi) is 8.66. The maximum Gasteiger partial charge on any atom is 0.218 e. The first-order valence-electron chi connectivity index (χ1n) is 7.11. The Balaban J connectivity index is 2.64. The molecule has 1 rings (SSSR count). The summed E-state index contributed by atoms with van der Waals surface area (Å²) in [4.78, 5) is 8.74. The monoisotopic (exact) mass is 283 g/mol. The van der Waals surface area contributed by atoms with Crippen molar-refractivity contribution in [3.05, 3.63) is 11.9 Å². The van der Waals surface area contributed by atoms with E-state index in [9.17, 15) is 0 Å². The molecule has 0 spiro atoms. The van der Waals surface area contributed by atoms with Gasteiger partial charge in [0.2, 0.25) is 5.88 Å². The second-order valence-electron chi connectivity index (χ2n) is 4.27. The summed E-state index contributed by atoms with van der Waals surface area (Å²) in [6.07, 6.45) is 1.87. The molecule has 1 aromatic heterocycles. The molecule has 6 heteroatoms. The molecular formula is C14H25N3O3. The minimum atomic E-state index is 0.395. The maximum atomic E-state index is 5.62. The lowest BCUT2D eigenvalue weighted by atomic mass is 10.4. The Morgan fingerprint density at radius 3 is 2.75 bits per heavy atom. The molecule has 0 amide bonds. The second kappa shape index (κ2) is 10.4. The predicted octanol–water partition coefficient (Wildman–Crippen LogP) is 2.25. The molecule has 0 bridgehead atoms. The minimum Gasteiger partial charge on any atom is -0.477 e. The van der Waals surface area contributed by atoms with E-state index < -0.39 is 0 Å². The molecule has 0 aliphatic carbocycles. The van der Waals surface area contributed by atoms with Gasteiger partial charge in [-0.15, -0.1) is 0 Å². The summed E-state index contributed by atoms with van der Waals surface area (Å²) in [6.45, 7) is 7.21. The zero-order valence-corrected chi connectivity index (χ0v) is 12.6. The molecule has 0 aliphatic rings. The highest BCUT2D eigenvalue weighted by Crippen LogP contribution is 2.14. The van der Waals surface area contributed by atoms with E-state index in [0.29, 0.717) is 38.1 Å². The first-order chi connectivity index (χ1) is 9.80. The van der Waals surface area contributed by atoms with Crippen molar-refractivity contribution in [3.8, 4) is 5.88 Å². The van der Waals surface area contributed by atoms with E-state index >= 15 is 0 Å². The Morgan fingerprint density at radius 2 is 2.05 bits per heavy atom. The Bertz CT molecular complexity index is 348. The predicted molar refractivity (Wildman–Crippen MR) is 78.1 cm³/mol. The van der Waals surface area contributed by atoms with Crippen molar-refractivity contribution < 1.29 is 14.2 Å². The smallest absolute Gasteiger partial charge is 0.218 e. The number of anilines is 1. The SMILES string of the molecule is CCCNc1cc(OCCCOC)nc(COCC)n1. The Hall–Kier alpha value is -1.40. The van der Waals surface area contributed by atoms with Gasteiger partial charge in [0, 0.05) is 39.4 Å². The molecule has 0 saturated heterocycles. The van der Waals surface area contributed by atoms with Gasteiger partial charge in [-0.05, 0) is 13.3 Å². The molecule has 0 aromatic carbocycles. The summed E-state index contributed by atoms with van der Waals surface area (Å²) in [5.74, 6) is 1.98. The van der Waals surface area contributed by atoms with Crippen LogP contribution in [-0.4, -0.2) is 43.4 Å². The normalized spacial score (nSPS) is 10.6. The van der Waals surface area contributed by atoms with E-state index in [0.717, 1.165) is 25.2 Å². The number of nitrogens with one attached hydrogen (secondary N) is 1. The van der Waals surface area contributed by atoms with Crippen LogP contribution in [0.2, 0.25) is 0 Å². The maximum absolute atomic E-state index is 5.62. The van der Waals surface area contributed by atoms with E-state index in [1.54, 1.807) is 7.11 Å². The second-order valence-corrected chi connectivity index (χ2v) is 4.27. The van der Waals surface area contributed by atoms with Crippen LogP contribution in [-0.2, 0) is 16.1 Å². The lowest BCUT2D eigenvalue weighted by Gasteiger charge is -2.10. The van der Waals surface area contributed by atoms with Crippen molar-refractivity contribution in [1.82, 2.24) is 9.97 Å². The molecule has 20 heavy (non-hydrogen) atoms. The average Bonchev–Trinajstić information content (AvgIpc) is 2.47. The Labute approximate surface area is 120 Å². The number of nitrogens with zero attached hydrogens (tertiary/aromatic N) is 2. The van der Waals surface area contributed by atoms with Crippen LogP contribution in [0.1, 0.15) is 32.5 Å². The average molecular weight is 283 g/mol. The summed E-state index contributed by atoms with van der Waals surface area (Å²) in [5, 5.41) is 3.24. The molecule has 114 valence electrons. The molecule has 1 aromatic rings. The number of aromatic nitrogens is 2. The Morgan fingerprint density at radius 1 is 1.20 bits per heavy atom. The molecule has 0 saturated carbocycles. The summed E-state index contributed by atoms with van der Waals surface area (Å²) in [5.41, 5.74) is 0. The molecule has 0 radical (unpaired) electrons. The van der Waals surface area contributed by atoms with Gasteiger partial charge < -0.3 is 19.5 Å². The number of hydrogen-bond acceptors (Lipinski definition) is 6. The lowest BCUT2D eigenvalue weighted by molar-refractivity contribution is 0.127. The van der Waals surface area contributed by atoms with Gasteiger partial charge in [0.15, 0.2) is 5.82 Å². The van der Waals surface area contributed by atoms with Crippen LogP contribution in [0.5, 0.6) is 5.88 Å². The molecule has 1 heterocycles. The van der Waals surface area contributed by atoms with Crippen molar-refractivity contribution in [1.29, 1.82) is 0 Å². The quantitative estimate of drug-likeness (QED) is 0.628. The first-order valence-corrected chi connectivity index (χ1v) is 7.11. The fourth-order valence-electron chi connectivity index (χ4n) is 1.53. The third-order valence-corrected chi connectivity index (χ3v) is 2.48. The van der Waals surface area contributed by atoms with Gasteiger partial charge in [0.25, 0.3) is 0 Å². The van der Waals surface area contributed by atoms with Crippen LogP contribution in [0, 0.1) is 0 Å². The van der Waals surface area contributed by atoms with E-state index in [2.05, 4.69) is 22.2 Å². The van der Waals surface area contributed by atoms with Gasteiger partial charge in [0.1, 0.15) is 12.4 Å². The number of hydrogen-bond donors (Lipinski definition) is 1. The molecule has 1 N–H and O–H groups in total. The fraction of sp³-hybridized carbons (Fsp3) is 0.714. The molecule has 0 fully saturated rings. The third kappa shape index (κ3) is 6.68. The highest BCUT2D eigenvalue weighted by Gasteiger charge is 2.05. The summed E-state index contributed by atoms with van der Waals surface area (Å²) in [6, 6.07) is 1.82. The van der Waals surface area contributed by atoms with Crippen molar-refractivity contribution in [2.45, 2.75) is 33.3 Å². The van der Waals surface area contributed by atoms with E-state index in [4.69, 9.17) is 14.2 Å². The van der Waals surface area contributed by atoms with Crippen LogP contribution in [0.4, 0.5) is 5.82 Å². The standard InChI is InChI=1S/C14H25N3O3/c1-4-7-15-12-10-14(20-9-6-8-18-3)17-13(16-12)11-19-5-2/h10H,4-9,11H2,1-3H3,(H,15,16,17). The van der Waals surface area contributed by atoms with Crippen molar-refractivity contribution in [2.75, 3.05) is 38.8 Å². The van der Waals surface area contributed by atoms with Crippen LogP contribution in [0.25, 0.3) is 0 Å². The van der Waals surface area contributed by atoms with Crippen LogP contribution in [0.3, 0.4) is 0 Å². The molecule has 6 nitrogen and oxygen atoms in total. The van der Waals surface area contributed by atoms with Gasteiger partial charge in [0.05, 0.1) is 6.61 Å². The van der Waals surface area contributed by atoms with Crippen LogP contribution in [0.15, 0.2) is 6.07 Å². The molecule has 0 unspecified atom stereocenters. The van der Waals surface area contributed by atoms with Crippen molar-refractivity contribution in [2.24, 2.45) is 0 Å². The van der Waals surface area contributed by atoms with Crippen LogP contribution < -0.4 is 10.1 Å². The first kappa shape index (κ1) is 16.7. The van der Waals surface area contributed by atoms with Crippen LogP contribution >= 0.6 is 0 Å². The fourth-order valence-corrected chi connectivity index (χ4v) is 1.53. The lowest BCUT2D eigenvalue weighted by Crippen LogP contribution is -2.09. The highest BCUT2D eigenvalue weighted by molar-refractivity contribution is 5.38. The summed E-state index contributed by atoms with van der Waals surface area (Å²) in [7, 11) is 1.68. The van der Waals surface area contributed by atoms with Gasteiger partial charge in [-0.25, -0.2) is 4.98 Å². The zero-order chi connectivity index (χ0) is 14.6. The molecule has 0 aliphatic heterocycles. The topological polar surface area (TPSA) is 65.5 Å². The van der Waals surface area contributed by atoms with Gasteiger partial charge >= 0.3 is 0 Å².